The maximum atomic E-state index is 9.60. The van der Waals surface area contributed by atoms with Crippen LogP contribution in [0.1, 0.15) is 44.7 Å². The lowest BCUT2D eigenvalue weighted by Gasteiger charge is -2.29. The topological polar surface area (TPSA) is 59.9 Å². The molecule has 1 heterocycles. The highest BCUT2D eigenvalue weighted by Crippen LogP contribution is 2.20. The average molecular weight is 510 g/mol. The van der Waals surface area contributed by atoms with E-state index in [0.29, 0.717) is 0 Å². The molecule has 1 aliphatic rings. The highest BCUT2D eigenvalue weighted by atomic mass is 127. The fourth-order valence-electron chi connectivity index (χ4n) is 3.71. The van der Waals surface area contributed by atoms with Gasteiger partial charge in [0.1, 0.15) is 0 Å². The van der Waals surface area contributed by atoms with Gasteiger partial charge < -0.3 is 20.6 Å². The van der Waals surface area contributed by atoms with Gasteiger partial charge >= 0.3 is 0 Å². The van der Waals surface area contributed by atoms with Gasteiger partial charge in [-0.25, -0.2) is 0 Å². The first-order valence-corrected chi connectivity index (χ1v) is 10.6. The zero-order valence-corrected chi connectivity index (χ0v) is 19.9. The third kappa shape index (κ3) is 7.42. The van der Waals surface area contributed by atoms with Gasteiger partial charge in [0.05, 0.1) is 12.1 Å². The Balaban J connectivity index is 0.00000300. The summed E-state index contributed by atoms with van der Waals surface area (Å²) in [4.78, 5) is 7.19. The van der Waals surface area contributed by atoms with Crippen LogP contribution in [0.2, 0.25) is 0 Å². The Morgan fingerprint density at radius 3 is 2.62 bits per heavy atom. The van der Waals surface area contributed by atoms with Gasteiger partial charge in [-0.05, 0) is 62.1 Å². The van der Waals surface area contributed by atoms with E-state index < -0.39 is 0 Å². The molecule has 29 heavy (non-hydrogen) atoms. The molecular formula is C23H35IN4O. The molecule has 3 N–H and O–H groups in total. The van der Waals surface area contributed by atoms with Gasteiger partial charge in [0, 0.05) is 26.2 Å². The summed E-state index contributed by atoms with van der Waals surface area (Å²) in [5.74, 6) is 0.872. The number of fused-ring (bicyclic) bond motifs is 1. The number of rotatable bonds is 7. The zero-order chi connectivity index (χ0) is 19.8. The molecule has 3 rings (SSSR count). The van der Waals surface area contributed by atoms with E-state index in [-0.39, 0.29) is 36.1 Å². The van der Waals surface area contributed by atoms with Crippen LogP contribution in [-0.4, -0.2) is 54.8 Å². The van der Waals surface area contributed by atoms with E-state index in [4.69, 9.17) is 4.99 Å². The van der Waals surface area contributed by atoms with Crippen LogP contribution < -0.4 is 10.6 Å². The van der Waals surface area contributed by atoms with Crippen LogP contribution in [0.3, 0.4) is 0 Å². The number of aliphatic hydroxyl groups is 1. The van der Waals surface area contributed by atoms with Crippen molar-refractivity contribution in [1.82, 2.24) is 15.5 Å². The number of nitrogens with zero attached hydrogens (tertiary/aromatic N) is 2. The Hall–Kier alpha value is -1.38. The van der Waals surface area contributed by atoms with Crippen LogP contribution in [0.5, 0.6) is 0 Å². The van der Waals surface area contributed by atoms with E-state index in [2.05, 4.69) is 71.8 Å². The summed E-state index contributed by atoms with van der Waals surface area (Å²) in [6.07, 6.45) is 2.74. The fourth-order valence-corrected chi connectivity index (χ4v) is 3.71. The van der Waals surface area contributed by atoms with E-state index in [1.165, 1.54) is 16.3 Å². The predicted molar refractivity (Wildman–Crippen MR) is 133 cm³/mol. The largest absolute Gasteiger partial charge is 0.393 e. The monoisotopic (exact) mass is 510 g/mol. The summed E-state index contributed by atoms with van der Waals surface area (Å²) in [6.45, 7) is 8.98. The van der Waals surface area contributed by atoms with Crippen molar-refractivity contribution in [3.05, 3.63) is 48.0 Å². The Morgan fingerprint density at radius 2 is 1.90 bits per heavy atom. The second-order valence-electron chi connectivity index (χ2n) is 7.66. The van der Waals surface area contributed by atoms with Crippen molar-refractivity contribution in [3.8, 4) is 0 Å². The number of likely N-dealkylation sites (tertiary alicyclic amines) is 1. The van der Waals surface area contributed by atoms with Gasteiger partial charge in [-0.15, -0.1) is 24.0 Å². The van der Waals surface area contributed by atoms with E-state index in [1.54, 1.807) is 0 Å². The lowest BCUT2D eigenvalue weighted by Crippen LogP contribution is -2.39. The molecule has 0 aliphatic carbocycles. The first-order chi connectivity index (χ1) is 13.7. The van der Waals surface area contributed by atoms with Crippen LogP contribution in [0.15, 0.2) is 47.5 Å². The van der Waals surface area contributed by atoms with Crippen molar-refractivity contribution >= 4 is 40.7 Å². The molecule has 2 aromatic carbocycles. The van der Waals surface area contributed by atoms with E-state index in [0.717, 1.165) is 57.9 Å². The number of aliphatic imine (C=N–C) groups is 1. The summed E-state index contributed by atoms with van der Waals surface area (Å²) >= 11 is 0. The minimum Gasteiger partial charge on any atom is -0.393 e. The van der Waals surface area contributed by atoms with Crippen molar-refractivity contribution in [2.45, 2.75) is 45.3 Å². The van der Waals surface area contributed by atoms with Crippen molar-refractivity contribution in [3.63, 3.8) is 0 Å². The first-order valence-electron chi connectivity index (χ1n) is 10.6. The fraction of sp³-hybridized carbons (Fsp3) is 0.522. The molecule has 5 nitrogen and oxygen atoms in total. The molecule has 0 bridgehead atoms. The van der Waals surface area contributed by atoms with Crippen LogP contribution in [0, 0.1) is 0 Å². The van der Waals surface area contributed by atoms with Crippen molar-refractivity contribution in [2.24, 2.45) is 4.99 Å². The molecule has 0 amide bonds. The second kappa shape index (κ2) is 12.3. The van der Waals surface area contributed by atoms with Gasteiger partial charge in [0.25, 0.3) is 0 Å². The molecule has 1 fully saturated rings. The van der Waals surface area contributed by atoms with E-state index in [1.807, 2.05) is 0 Å². The van der Waals surface area contributed by atoms with E-state index in [9.17, 15) is 5.11 Å². The van der Waals surface area contributed by atoms with Crippen LogP contribution >= 0.6 is 24.0 Å². The second-order valence-corrected chi connectivity index (χ2v) is 7.66. The summed E-state index contributed by atoms with van der Waals surface area (Å²) < 4.78 is 0. The minimum absolute atomic E-state index is 0. The average Bonchev–Trinajstić information content (AvgIpc) is 2.72. The maximum absolute atomic E-state index is 9.60. The number of guanidine groups is 1. The standard InChI is InChI=1S/C23H34N4O.HI/c1-3-24-23(25-13-6-14-27-15-11-22(28)12-16-27)26-18(2)20-10-9-19-7-4-5-8-21(19)17-20;/h4-5,7-10,17-18,22,28H,3,6,11-16H2,1-2H3,(H2,24,25,26);1H. The number of hydrogen-bond acceptors (Lipinski definition) is 3. The quantitative estimate of drug-likeness (QED) is 0.229. The number of benzene rings is 2. The van der Waals surface area contributed by atoms with Gasteiger partial charge in [-0.2, -0.15) is 0 Å². The summed E-state index contributed by atoms with van der Waals surface area (Å²) in [6, 6.07) is 15.3. The molecular weight excluding hydrogens is 475 g/mol. The lowest BCUT2D eigenvalue weighted by atomic mass is 10.0. The number of piperidine rings is 1. The number of aliphatic hydroxyl groups excluding tert-OH is 1. The summed E-state index contributed by atoms with van der Waals surface area (Å²) in [5.41, 5.74) is 1.26. The molecule has 0 radical (unpaired) electrons. The molecule has 1 atom stereocenters. The Labute approximate surface area is 192 Å². The third-order valence-electron chi connectivity index (χ3n) is 5.43. The zero-order valence-electron chi connectivity index (χ0n) is 17.6. The van der Waals surface area contributed by atoms with Crippen molar-refractivity contribution in [1.29, 1.82) is 0 Å². The van der Waals surface area contributed by atoms with Gasteiger partial charge in [-0.3, -0.25) is 4.99 Å². The SMILES string of the molecule is CCNC(=NCCCN1CCC(O)CC1)NC(C)c1ccc2ccccc2c1.I. The molecule has 160 valence electrons. The van der Waals surface area contributed by atoms with Gasteiger partial charge in [0.2, 0.25) is 0 Å². The number of nitrogens with one attached hydrogen (secondary N) is 2. The predicted octanol–water partition coefficient (Wildman–Crippen LogP) is 3.92. The molecule has 0 aromatic heterocycles. The van der Waals surface area contributed by atoms with Crippen molar-refractivity contribution in [2.75, 3.05) is 32.7 Å². The summed E-state index contributed by atoms with van der Waals surface area (Å²) in [5, 5.41) is 19.0. The Bertz CT molecular complexity index is 774. The molecule has 0 saturated carbocycles. The molecule has 1 unspecified atom stereocenters. The molecule has 2 aromatic rings. The highest BCUT2D eigenvalue weighted by molar-refractivity contribution is 14.0. The highest BCUT2D eigenvalue weighted by Gasteiger charge is 2.16. The molecule has 0 spiro atoms. The Kier molecular flexibility index (Phi) is 10.2. The van der Waals surface area contributed by atoms with Gasteiger partial charge in [-0.1, -0.05) is 36.4 Å². The van der Waals surface area contributed by atoms with E-state index >= 15 is 0 Å². The number of hydrogen-bond donors (Lipinski definition) is 3. The van der Waals surface area contributed by atoms with Crippen LogP contribution in [-0.2, 0) is 0 Å². The van der Waals surface area contributed by atoms with Crippen LogP contribution in [0.25, 0.3) is 10.8 Å². The van der Waals surface area contributed by atoms with Crippen LogP contribution in [0.4, 0.5) is 0 Å². The molecule has 6 heteroatoms. The normalized spacial score (nSPS) is 17.0. The maximum Gasteiger partial charge on any atom is 0.191 e. The minimum atomic E-state index is -0.101. The third-order valence-corrected chi connectivity index (χ3v) is 5.43. The molecule has 1 saturated heterocycles. The molecule has 1 aliphatic heterocycles. The smallest absolute Gasteiger partial charge is 0.191 e. The Morgan fingerprint density at radius 1 is 1.17 bits per heavy atom. The summed E-state index contributed by atoms with van der Waals surface area (Å²) in [7, 11) is 0. The first kappa shape index (κ1) is 23.9. The number of halogens is 1. The van der Waals surface area contributed by atoms with Crippen molar-refractivity contribution < 1.29 is 5.11 Å². The van der Waals surface area contributed by atoms with Gasteiger partial charge in [0.15, 0.2) is 5.96 Å². The lowest BCUT2D eigenvalue weighted by molar-refractivity contribution is 0.0824.